The molecule has 0 saturated carbocycles. The minimum atomic E-state index is -0.998. The van der Waals surface area contributed by atoms with E-state index in [2.05, 4.69) is 9.97 Å². The zero-order valence-corrected chi connectivity index (χ0v) is 15.8. The molecule has 0 spiro atoms. The minimum Gasteiger partial charge on any atom is -0.478 e. The molecule has 0 unspecified atom stereocenters. The van der Waals surface area contributed by atoms with E-state index in [1.807, 2.05) is 0 Å². The number of hydrogen-bond donors (Lipinski definition) is 2. The lowest BCUT2D eigenvalue weighted by molar-refractivity contribution is 0.0688. The quantitative estimate of drug-likeness (QED) is 0.446. The summed E-state index contributed by atoms with van der Waals surface area (Å²) in [6.07, 6.45) is 3.25. The van der Waals surface area contributed by atoms with Gasteiger partial charge in [0.25, 0.3) is 0 Å². The summed E-state index contributed by atoms with van der Waals surface area (Å²) in [6.45, 7) is 0. The second-order valence-corrected chi connectivity index (χ2v) is 8.01. The van der Waals surface area contributed by atoms with Gasteiger partial charge < -0.3 is 10.2 Å². The molecule has 0 aliphatic heterocycles. The molecule has 8 heteroatoms. The molecule has 0 saturated heterocycles. The number of carbonyl (C=O) groups is 2. The second kappa shape index (κ2) is 7.49. The van der Waals surface area contributed by atoms with Crippen molar-refractivity contribution >= 4 is 55.3 Å². The summed E-state index contributed by atoms with van der Waals surface area (Å²) in [6, 6.07) is 13.5. The van der Waals surface area contributed by atoms with E-state index in [1.54, 1.807) is 60.9 Å². The highest BCUT2D eigenvalue weighted by Crippen LogP contribution is 2.43. The fourth-order valence-electron chi connectivity index (χ4n) is 2.89. The van der Waals surface area contributed by atoms with Crippen LogP contribution in [0.2, 0.25) is 0 Å². The largest absolute Gasteiger partial charge is 0.478 e. The fraction of sp³-hybridized carbons (Fsp3) is 0. The van der Waals surface area contributed by atoms with Crippen molar-refractivity contribution in [3.63, 3.8) is 0 Å². The van der Waals surface area contributed by atoms with E-state index in [4.69, 9.17) is 0 Å². The molecule has 2 heterocycles. The smallest absolute Gasteiger partial charge is 0.336 e. The molecule has 0 amide bonds. The van der Waals surface area contributed by atoms with Crippen LogP contribution in [-0.2, 0) is 0 Å². The summed E-state index contributed by atoms with van der Waals surface area (Å²) >= 11 is 0. The summed E-state index contributed by atoms with van der Waals surface area (Å²) < 4.78 is 0. The van der Waals surface area contributed by atoms with Crippen LogP contribution >= 0.6 is 21.6 Å². The van der Waals surface area contributed by atoms with E-state index in [0.717, 1.165) is 9.79 Å². The maximum atomic E-state index is 11.4. The topological polar surface area (TPSA) is 100 Å². The Bertz CT molecular complexity index is 1150. The van der Waals surface area contributed by atoms with E-state index in [1.165, 1.54) is 21.6 Å². The number of hydrogen-bond acceptors (Lipinski definition) is 6. The maximum absolute atomic E-state index is 11.4. The van der Waals surface area contributed by atoms with E-state index < -0.39 is 11.9 Å². The van der Waals surface area contributed by atoms with Crippen LogP contribution in [0.15, 0.2) is 70.7 Å². The molecular weight excluding hydrogens is 396 g/mol. The van der Waals surface area contributed by atoms with Gasteiger partial charge in [-0.05, 0) is 36.4 Å². The van der Waals surface area contributed by atoms with Gasteiger partial charge in [-0.1, -0.05) is 33.7 Å². The van der Waals surface area contributed by atoms with Crippen molar-refractivity contribution in [1.82, 2.24) is 9.97 Å². The van der Waals surface area contributed by atoms with Gasteiger partial charge in [-0.15, -0.1) is 0 Å². The zero-order valence-electron chi connectivity index (χ0n) is 14.2. The predicted molar refractivity (Wildman–Crippen MR) is 109 cm³/mol. The fourth-order valence-corrected chi connectivity index (χ4v) is 5.15. The molecule has 0 aliphatic carbocycles. The number of carboxylic acids is 2. The van der Waals surface area contributed by atoms with Crippen LogP contribution in [0.3, 0.4) is 0 Å². The first-order valence-electron chi connectivity index (χ1n) is 8.13. The van der Waals surface area contributed by atoms with Gasteiger partial charge in [-0.3, -0.25) is 9.97 Å². The van der Waals surface area contributed by atoms with Gasteiger partial charge in [0.15, 0.2) is 0 Å². The highest BCUT2D eigenvalue weighted by atomic mass is 33.1. The molecule has 0 aliphatic rings. The van der Waals surface area contributed by atoms with E-state index in [-0.39, 0.29) is 11.1 Å². The Morgan fingerprint density at radius 1 is 0.679 bits per heavy atom. The highest BCUT2D eigenvalue weighted by Gasteiger charge is 2.15. The van der Waals surface area contributed by atoms with Crippen LogP contribution in [0.4, 0.5) is 0 Å². The van der Waals surface area contributed by atoms with Crippen molar-refractivity contribution in [2.75, 3.05) is 0 Å². The normalized spacial score (nSPS) is 11.0. The molecule has 138 valence electrons. The van der Waals surface area contributed by atoms with Crippen molar-refractivity contribution in [3.8, 4) is 0 Å². The summed E-state index contributed by atoms with van der Waals surface area (Å²) in [7, 11) is 2.85. The Morgan fingerprint density at radius 3 is 1.50 bits per heavy atom. The van der Waals surface area contributed by atoms with Crippen molar-refractivity contribution in [3.05, 3.63) is 72.1 Å². The Balaban J connectivity index is 1.73. The number of carboxylic acid groups (broad SMARTS) is 2. The van der Waals surface area contributed by atoms with Gasteiger partial charge >= 0.3 is 11.9 Å². The summed E-state index contributed by atoms with van der Waals surface area (Å²) in [5, 5.41) is 19.9. The van der Waals surface area contributed by atoms with Gasteiger partial charge in [0, 0.05) is 33.0 Å². The Hall–Kier alpha value is -3.10. The third kappa shape index (κ3) is 3.28. The van der Waals surface area contributed by atoms with Crippen LogP contribution in [0.1, 0.15) is 20.7 Å². The molecule has 0 bridgehead atoms. The molecule has 4 aromatic rings. The molecule has 0 atom stereocenters. The number of aromatic nitrogens is 2. The third-order valence-electron chi connectivity index (χ3n) is 4.15. The van der Waals surface area contributed by atoms with Crippen molar-refractivity contribution in [2.24, 2.45) is 0 Å². The van der Waals surface area contributed by atoms with Crippen LogP contribution in [0, 0.1) is 0 Å². The Kier molecular flexibility index (Phi) is 4.89. The van der Waals surface area contributed by atoms with Crippen molar-refractivity contribution in [1.29, 1.82) is 0 Å². The standard InChI is InChI=1S/C20H12N2O4S2/c23-19(24)13-5-7-15(17-11(13)3-1-9-21-17)27-28-16-8-6-14(20(25)26)12-4-2-10-22-18(12)16/h1-10H,(H,23,24)(H,25,26). The first-order chi connectivity index (χ1) is 13.6. The summed E-state index contributed by atoms with van der Waals surface area (Å²) in [4.78, 5) is 33.2. The van der Waals surface area contributed by atoms with Gasteiger partial charge in [-0.25, -0.2) is 9.59 Å². The molecule has 2 N–H and O–H groups in total. The van der Waals surface area contributed by atoms with Crippen LogP contribution in [0.25, 0.3) is 21.8 Å². The van der Waals surface area contributed by atoms with Gasteiger partial charge in [0.05, 0.1) is 22.2 Å². The van der Waals surface area contributed by atoms with E-state index in [9.17, 15) is 19.8 Å². The number of rotatable bonds is 5. The molecule has 2 aromatic carbocycles. The lowest BCUT2D eigenvalue weighted by atomic mass is 10.1. The lowest BCUT2D eigenvalue weighted by Gasteiger charge is -2.09. The van der Waals surface area contributed by atoms with E-state index in [0.29, 0.717) is 21.8 Å². The van der Waals surface area contributed by atoms with Crippen LogP contribution in [0.5, 0.6) is 0 Å². The number of nitrogens with zero attached hydrogens (tertiary/aromatic N) is 2. The Morgan fingerprint density at radius 2 is 1.11 bits per heavy atom. The third-order valence-corrected chi connectivity index (χ3v) is 6.58. The number of pyridine rings is 2. The monoisotopic (exact) mass is 408 g/mol. The highest BCUT2D eigenvalue weighted by molar-refractivity contribution is 8.76. The SMILES string of the molecule is O=C(O)c1ccc(SSc2ccc(C(=O)O)c3cccnc23)c2ncccc12. The zero-order chi connectivity index (χ0) is 19.7. The average Bonchev–Trinajstić information content (AvgIpc) is 2.71. The number of benzene rings is 2. The van der Waals surface area contributed by atoms with Gasteiger partial charge in [-0.2, -0.15) is 0 Å². The maximum Gasteiger partial charge on any atom is 0.336 e. The summed E-state index contributed by atoms with van der Waals surface area (Å²) in [5.41, 5.74) is 1.63. The van der Waals surface area contributed by atoms with Gasteiger partial charge in [0.1, 0.15) is 0 Å². The van der Waals surface area contributed by atoms with Crippen LogP contribution < -0.4 is 0 Å². The summed E-state index contributed by atoms with van der Waals surface area (Å²) in [5.74, 6) is -2.00. The molecule has 0 fully saturated rings. The number of fused-ring (bicyclic) bond motifs is 2. The van der Waals surface area contributed by atoms with Crippen LogP contribution in [-0.4, -0.2) is 32.1 Å². The molecular formula is C20H12N2O4S2. The first-order valence-corrected chi connectivity index (χ1v) is 10.3. The van der Waals surface area contributed by atoms with Crippen molar-refractivity contribution in [2.45, 2.75) is 9.79 Å². The van der Waals surface area contributed by atoms with Gasteiger partial charge in [0.2, 0.25) is 0 Å². The predicted octanol–water partition coefficient (Wildman–Crippen LogP) is 4.98. The molecule has 4 rings (SSSR count). The number of aromatic carboxylic acids is 2. The Labute approximate surface area is 167 Å². The molecule has 0 radical (unpaired) electrons. The molecule has 28 heavy (non-hydrogen) atoms. The lowest BCUT2D eigenvalue weighted by Crippen LogP contribution is -1.99. The molecule has 2 aromatic heterocycles. The van der Waals surface area contributed by atoms with Crippen molar-refractivity contribution < 1.29 is 19.8 Å². The minimum absolute atomic E-state index is 0.204. The first kappa shape index (κ1) is 18.3. The molecule has 6 nitrogen and oxygen atoms in total. The van der Waals surface area contributed by atoms with E-state index >= 15 is 0 Å². The average molecular weight is 408 g/mol. The second-order valence-electron chi connectivity index (χ2n) is 5.80.